The number of aryl methyl sites for hydroxylation is 1. The van der Waals surface area contributed by atoms with E-state index in [0.717, 1.165) is 38.3 Å². The topological polar surface area (TPSA) is 73.8 Å². The zero-order valence-corrected chi connectivity index (χ0v) is 17.0. The van der Waals surface area contributed by atoms with E-state index in [2.05, 4.69) is 46.8 Å². The lowest BCUT2D eigenvalue weighted by atomic mass is 10.1. The van der Waals surface area contributed by atoms with E-state index in [1.807, 2.05) is 6.92 Å². The lowest BCUT2D eigenvalue weighted by molar-refractivity contribution is 0.306. The van der Waals surface area contributed by atoms with Crippen LogP contribution >= 0.6 is 0 Å². The van der Waals surface area contributed by atoms with Gasteiger partial charge in [-0.15, -0.1) is 0 Å². The van der Waals surface area contributed by atoms with Gasteiger partial charge in [0.15, 0.2) is 5.96 Å². The molecular weight excluding hydrogens is 348 g/mol. The van der Waals surface area contributed by atoms with E-state index in [-0.39, 0.29) is 11.8 Å². The highest BCUT2D eigenvalue weighted by atomic mass is 32.2. The molecule has 0 saturated carbocycles. The summed E-state index contributed by atoms with van der Waals surface area (Å²) in [7, 11) is -3.07. The van der Waals surface area contributed by atoms with Gasteiger partial charge < -0.3 is 10.6 Å². The fourth-order valence-electron chi connectivity index (χ4n) is 3.03. The molecular formula is C19H32N4O2S. The van der Waals surface area contributed by atoms with Gasteiger partial charge in [0, 0.05) is 32.2 Å². The Labute approximate surface area is 158 Å². The van der Waals surface area contributed by atoms with Crippen LogP contribution in [-0.4, -0.2) is 56.7 Å². The van der Waals surface area contributed by atoms with Crippen LogP contribution in [0.15, 0.2) is 29.3 Å². The van der Waals surface area contributed by atoms with Crippen molar-refractivity contribution >= 4 is 16.0 Å². The van der Waals surface area contributed by atoms with Gasteiger partial charge in [-0.1, -0.05) is 29.8 Å². The van der Waals surface area contributed by atoms with Gasteiger partial charge in [0.2, 0.25) is 10.0 Å². The van der Waals surface area contributed by atoms with E-state index in [4.69, 9.17) is 0 Å². The van der Waals surface area contributed by atoms with Gasteiger partial charge in [0.05, 0.1) is 5.75 Å². The summed E-state index contributed by atoms with van der Waals surface area (Å²) in [5.74, 6) is 0.991. The molecule has 0 aromatic heterocycles. The first kappa shape index (κ1) is 20.7. The Morgan fingerprint density at radius 3 is 2.42 bits per heavy atom. The van der Waals surface area contributed by atoms with Crippen LogP contribution in [0.2, 0.25) is 0 Å². The van der Waals surface area contributed by atoms with E-state index in [1.165, 1.54) is 11.1 Å². The highest BCUT2D eigenvalue weighted by molar-refractivity contribution is 7.89. The highest BCUT2D eigenvalue weighted by Crippen LogP contribution is 2.14. The molecule has 0 bridgehead atoms. The van der Waals surface area contributed by atoms with Crippen LogP contribution < -0.4 is 10.6 Å². The van der Waals surface area contributed by atoms with Crippen LogP contribution in [0, 0.1) is 6.92 Å². The van der Waals surface area contributed by atoms with E-state index in [0.29, 0.717) is 13.1 Å². The third kappa shape index (κ3) is 6.29. The Morgan fingerprint density at radius 2 is 1.85 bits per heavy atom. The molecule has 0 spiro atoms. The van der Waals surface area contributed by atoms with Gasteiger partial charge in [-0.2, -0.15) is 0 Å². The molecule has 1 aliphatic rings. The molecule has 2 rings (SSSR count). The van der Waals surface area contributed by atoms with Gasteiger partial charge in [0.25, 0.3) is 0 Å². The summed E-state index contributed by atoms with van der Waals surface area (Å²) in [6.07, 6.45) is 2.52. The minimum atomic E-state index is -3.07. The first-order chi connectivity index (χ1) is 12.4. The molecule has 26 heavy (non-hydrogen) atoms. The summed E-state index contributed by atoms with van der Waals surface area (Å²) in [4.78, 5) is 4.67. The molecule has 1 fully saturated rings. The lowest BCUT2D eigenvalue weighted by Crippen LogP contribution is -2.50. The lowest BCUT2D eigenvalue weighted by Gasteiger charge is -2.32. The number of hydrogen-bond donors (Lipinski definition) is 2. The third-order valence-corrected chi connectivity index (χ3v) is 6.57. The first-order valence-corrected chi connectivity index (χ1v) is 11.1. The number of piperidine rings is 1. The highest BCUT2D eigenvalue weighted by Gasteiger charge is 2.26. The standard InChI is InChI=1S/C19H32N4O2S/c1-4-20-19(21-13-10-17-8-6-16(3)7-9-17)22-18-11-14-23(15-12-18)26(24,25)5-2/h6-9,18H,4-5,10-15H2,1-3H3,(H2,20,21,22). The second-order valence-electron chi connectivity index (χ2n) is 6.71. The molecule has 1 aliphatic heterocycles. The number of rotatable bonds is 7. The average Bonchev–Trinajstić information content (AvgIpc) is 2.64. The number of nitrogens with zero attached hydrogens (tertiary/aromatic N) is 2. The Bertz CT molecular complexity index is 678. The van der Waals surface area contributed by atoms with Crippen molar-refractivity contribution in [1.82, 2.24) is 14.9 Å². The smallest absolute Gasteiger partial charge is 0.213 e. The summed E-state index contributed by atoms with van der Waals surface area (Å²) >= 11 is 0. The van der Waals surface area contributed by atoms with Gasteiger partial charge in [-0.05, 0) is 45.6 Å². The molecule has 0 unspecified atom stereocenters. The van der Waals surface area contributed by atoms with Crippen molar-refractivity contribution < 1.29 is 8.42 Å². The summed E-state index contributed by atoms with van der Waals surface area (Å²) in [5, 5.41) is 6.74. The van der Waals surface area contributed by atoms with Crippen LogP contribution in [0.5, 0.6) is 0 Å². The van der Waals surface area contributed by atoms with E-state index in [9.17, 15) is 8.42 Å². The molecule has 7 heteroatoms. The van der Waals surface area contributed by atoms with Crippen molar-refractivity contribution in [2.75, 3.05) is 31.9 Å². The van der Waals surface area contributed by atoms with Crippen molar-refractivity contribution in [3.05, 3.63) is 35.4 Å². The van der Waals surface area contributed by atoms with Crippen molar-refractivity contribution in [3.8, 4) is 0 Å². The fourth-order valence-corrected chi connectivity index (χ4v) is 4.16. The quantitative estimate of drug-likeness (QED) is 0.560. The summed E-state index contributed by atoms with van der Waals surface area (Å²) in [6.45, 7) is 8.53. The van der Waals surface area contributed by atoms with Crippen LogP contribution in [0.25, 0.3) is 0 Å². The number of guanidine groups is 1. The number of nitrogens with one attached hydrogen (secondary N) is 2. The van der Waals surface area contributed by atoms with Gasteiger partial charge >= 0.3 is 0 Å². The van der Waals surface area contributed by atoms with Crippen molar-refractivity contribution in [2.24, 2.45) is 4.99 Å². The maximum absolute atomic E-state index is 12.0. The minimum absolute atomic E-state index is 0.175. The average molecular weight is 381 g/mol. The normalized spacial score (nSPS) is 17.3. The van der Waals surface area contributed by atoms with Crippen LogP contribution in [-0.2, 0) is 16.4 Å². The number of benzene rings is 1. The Kier molecular flexibility index (Phi) is 7.90. The monoisotopic (exact) mass is 380 g/mol. The van der Waals surface area contributed by atoms with E-state index < -0.39 is 10.0 Å². The minimum Gasteiger partial charge on any atom is -0.357 e. The maximum atomic E-state index is 12.0. The molecule has 1 aromatic rings. The third-order valence-electron chi connectivity index (χ3n) is 4.69. The van der Waals surface area contributed by atoms with Gasteiger partial charge in [-0.25, -0.2) is 12.7 Å². The molecule has 2 N–H and O–H groups in total. The van der Waals surface area contributed by atoms with E-state index in [1.54, 1.807) is 11.2 Å². The Morgan fingerprint density at radius 1 is 1.19 bits per heavy atom. The molecule has 0 radical (unpaired) electrons. The number of sulfonamides is 1. The second-order valence-corrected chi connectivity index (χ2v) is 8.97. The van der Waals surface area contributed by atoms with Crippen LogP contribution in [0.1, 0.15) is 37.8 Å². The van der Waals surface area contributed by atoms with Crippen LogP contribution in [0.3, 0.4) is 0 Å². The zero-order valence-electron chi connectivity index (χ0n) is 16.2. The molecule has 1 heterocycles. The van der Waals surface area contributed by atoms with Crippen molar-refractivity contribution in [1.29, 1.82) is 0 Å². The molecule has 0 atom stereocenters. The Hall–Kier alpha value is -1.60. The zero-order chi connectivity index (χ0) is 19.0. The summed E-state index contributed by atoms with van der Waals surface area (Å²) < 4.78 is 25.5. The first-order valence-electron chi connectivity index (χ1n) is 9.52. The fraction of sp³-hybridized carbons (Fsp3) is 0.632. The maximum Gasteiger partial charge on any atom is 0.213 e. The van der Waals surface area contributed by atoms with E-state index >= 15 is 0 Å². The largest absolute Gasteiger partial charge is 0.357 e. The molecule has 146 valence electrons. The molecule has 0 amide bonds. The number of hydrogen-bond acceptors (Lipinski definition) is 3. The predicted molar refractivity (Wildman–Crippen MR) is 108 cm³/mol. The van der Waals surface area contributed by atoms with Crippen LogP contribution in [0.4, 0.5) is 0 Å². The number of aliphatic imine (C=N–C) groups is 1. The van der Waals surface area contributed by atoms with Gasteiger partial charge in [0.1, 0.15) is 0 Å². The predicted octanol–water partition coefficient (Wildman–Crippen LogP) is 1.91. The SMILES string of the molecule is CCNC(=NCCc1ccc(C)cc1)NC1CCN(S(=O)(=O)CC)CC1. The molecule has 1 saturated heterocycles. The molecule has 1 aromatic carbocycles. The summed E-state index contributed by atoms with van der Waals surface area (Å²) in [6, 6.07) is 8.81. The molecule has 0 aliphatic carbocycles. The van der Waals surface area contributed by atoms with Crippen molar-refractivity contribution in [3.63, 3.8) is 0 Å². The Balaban J connectivity index is 1.85. The summed E-state index contributed by atoms with van der Waals surface area (Å²) in [5.41, 5.74) is 2.55. The van der Waals surface area contributed by atoms with Crippen molar-refractivity contribution in [2.45, 2.75) is 46.1 Å². The second kappa shape index (κ2) is 9.92. The van der Waals surface area contributed by atoms with Gasteiger partial charge in [-0.3, -0.25) is 4.99 Å². The molecule has 6 nitrogen and oxygen atoms in total.